The Labute approximate surface area is 93.8 Å². The fraction of sp³-hybridized carbons (Fsp3) is 0.333. The Morgan fingerprint density at radius 3 is 3.19 bits per heavy atom. The number of nitrogens with one attached hydrogen (secondary N) is 2. The molecule has 4 nitrogen and oxygen atoms in total. The maximum Gasteiger partial charge on any atom is 0.128 e. The van der Waals surface area contributed by atoms with Crippen molar-refractivity contribution in [2.75, 3.05) is 6.54 Å². The highest BCUT2D eigenvalue weighted by atomic mass is 15.1. The minimum absolute atomic E-state index is 0.493. The second kappa shape index (κ2) is 3.63. The first-order valence-corrected chi connectivity index (χ1v) is 5.61. The van der Waals surface area contributed by atoms with Crippen LogP contribution in [0.15, 0.2) is 29.5 Å². The molecule has 2 N–H and O–H groups in total. The Morgan fingerprint density at radius 1 is 1.44 bits per heavy atom. The Bertz CT molecular complexity index is 541. The van der Waals surface area contributed by atoms with E-state index in [1.165, 1.54) is 0 Å². The second-order valence-corrected chi connectivity index (χ2v) is 4.07. The fourth-order valence-corrected chi connectivity index (χ4v) is 1.97. The molecule has 0 aliphatic carbocycles. The van der Waals surface area contributed by atoms with Crippen molar-refractivity contribution in [1.29, 1.82) is 0 Å². The van der Waals surface area contributed by atoms with Crippen molar-refractivity contribution in [2.24, 2.45) is 4.99 Å². The van der Waals surface area contributed by atoms with E-state index >= 15 is 0 Å². The molecule has 1 aromatic heterocycles. The van der Waals surface area contributed by atoms with Gasteiger partial charge in [0, 0.05) is 11.6 Å². The minimum Gasteiger partial charge on any atom is -0.365 e. The lowest BCUT2D eigenvalue weighted by Crippen LogP contribution is -2.29. The van der Waals surface area contributed by atoms with E-state index in [2.05, 4.69) is 39.3 Å². The van der Waals surface area contributed by atoms with Gasteiger partial charge in [0.05, 0.1) is 23.9 Å². The first kappa shape index (κ1) is 9.39. The molecule has 16 heavy (non-hydrogen) atoms. The highest BCUT2D eigenvalue weighted by molar-refractivity contribution is 6.02. The van der Waals surface area contributed by atoms with Crippen LogP contribution in [0.5, 0.6) is 0 Å². The number of H-pyrrole nitrogens is 1. The summed E-state index contributed by atoms with van der Waals surface area (Å²) in [5.74, 6) is 1.00. The molecule has 2 heterocycles. The minimum atomic E-state index is 0.493. The third-order valence-electron chi connectivity index (χ3n) is 3.00. The highest BCUT2D eigenvalue weighted by Crippen LogP contribution is 2.14. The van der Waals surface area contributed by atoms with Gasteiger partial charge in [-0.1, -0.05) is 6.92 Å². The van der Waals surface area contributed by atoms with Crippen LogP contribution in [0, 0.1) is 0 Å². The number of benzene rings is 1. The summed E-state index contributed by atoms with van der Waals surface area (Å²) < 4.78 is 0. The number of hydrogen-bond donors (Lipinski definition) is 2. The molecule has 1 aromatic carbocycles. The van der Waals surface area contributed by atoms with Gasteiger partial charge in [0.2, 0.25) is 0 Å². The summed E-state index contributed by atoms with van der Waals surface area (Å²) in [5.41, 5.74) is 3.18. The average molecular weight is 214 g/mol. The molecule has 2 aromatic rings. The summed E-state index contributed by atoms with van der Waals surface area (Å²) in [7, 11) is 0. The molecule has 0 bridgehead atoms. The van der Waals surface area contributed by atoms with Crippen molar-refractivity contribution in [3.05, 3.63) is 30.1 Å². The molecule has 1 aliphatic heterocycles. The number of aromatic amines is 1. The zero-order valence-electron chi connectivity index (χ0n) is 9.20. The van der Waals surface area contributed by atoms with Crippen LogP contribution in [0.1, 0.15) is 18.9 Å². The molecule has 0 amide bonds. The maximum absolute atomic E-state index is 4.52. The first-order valence-electron chi connectivity index (χ1n) is 5.61. The molecule has 0 saturated heterocycles. The van der Waals surface area contributed by atoms with E-state index in [0.717, 1.165) is 35.4 Å². The van der Waals surface area contributed by atoms with E-state index in [0.29, 0.717) is 6.04 Å². The predicted molar refractivity (Wildman–Crippen MR) is 64.7 cm³/mol. The Morgan fingerprint density at radius 2 is 2.38 bits per heavy atom. The van der Waals surface area contributed by atoms with E-state index in [4.69, 9.17) is 0 Å². The zero-order chi connectivity index (χ0) is 11.0. The smallest absolute Gasteiger partial charge is 0.128 e. The van der Waals surface area contributed by atoms with E-state index in [-0.39, 0.29) is 0 Å². The van der Waals surface area contributed by atoms with Crippen molar-refractivity contribution in [3.8, 4) is 0 Å². The van der Waals surface area contributed by atoms with E-state index < -0.39 is 0 Å². The number of aliphatic imine (C=N–C) groups is 1. The second-order valence-electron chi connectivity index (χ2n) is 4.07. The van der Waals surface area contributed by atoms with Gasteiger partial charge in [0.25, 0.3) is 0 Å². The Hall–Kier alpha value is -1.84. The largest absolute Gasteiger partial charge is 0.365 e. The van der Waals surface area contributed by atoms with Crippen molar-refractivity contribution in [2.45, 2.75) is 19.4 Å². The SMILES string of the molecule is CCC1CN=C(c2ccc3nc[nH]c3c2)N1. The van der Waals surface area contributed by atoms with Gasteiger partial charge in [-0.3, -0.25) is 4.99 Å². The monoisotopic (exact) mass is 214 g/mol. The van der Waals surface area contributed by atoms with Gasteiger partial charge >= 0.3 is 0 Å². The van der Waals surface area contributed by atoms with Gasteiger partial charge in [0.1, 0.15) is 5.84 Å². The van der Waals surface area contributed by atoms with Crippen LogP contribution >= 0.6 is 0 Å². The van der Waals surface area contributed by atoms with Crippen LogP contribution in [0.2, 0.25) is 0 Å². The molecule has 82 valence electrons. The molecule has 0 radical (unpaired) electrons. The molecule has 3 rings (SSSR count). The van der Waals surface area contributed by atoms with Gasteiger partial charge in [0.15, 0.2) is 0 Å². The highest BCUT2D eigenvalue weighted by Gasteiger charge is 2.16. The van der Waals surface area contributed by atoms with Crippen molar-refractivity contribution >= 4 is 16.9 Å². The number of fused-ring (bicyclic) bond motifs is 1. The van der Waals surface area contributed by atoms with E-state index in [9.17, 15) is 0 Å². The summed E-state index contributed by atoms with van der Waals surface area (Å²) >= 11 is 0. The number of rotatable bonds is 2. The first-order chi connectivity index (χ1) is 7.86. The van der Waals surface area contributed by atoms with Crippen LogP contribution in [0.3, 0.4) is 0 Å². The van der Waals surface area contributed by atoms with Crippen LogP contribution in [-0.4, -0.2) is 28.4 Å². The topological polar surface area (TPSA) is 53.1 Å². The van der Waals surface area contributed by atoms with Gasteiger partial charge in [-0.2, -0.15) is 0 Å². The molecule has 1 unspecified atom stereocenters. The average Bonchev–Trinajstić information content (AvgIpc) is 2.96. The zero-order valence-corrected chi connectivity index (χ0v) is 9.20. The lowest BCUT2D eigenvalue weighted by Gasteiger charge is -2.08. The molecule has 0 saturated carbocycles. The lowest BCUT2D eigenvalue weighted by molar-refractivity contribution is 0.636. The summed E-state index contributed by atoms with van der Waals surface area (Å²) in [6.45, 7) is 3.06. The summed E-state index contributed by atoms with van der Waals surface area (Å²) in [6, 6.07) is 6.66. The van der Waals surface area contributed by atoms with Crippen LogP contribution < -0.4 is 5.32 Å². The van der Waals surface area contributed by atoms with Gasteiger partial charge in [-0.25, -0.2) is 4.98 Å². The molecule has 0 spiro atoms. The van der Waals surface area contributed by atoms with Crippen LogP contribution in [0.4, 0.5) is 0 Å². The van der Waals surface area contributed by atoms with Gasteiger partial charge in [-0.15, -0.1) is 0 Å². The van der Waals surface area contributed by atoms with E-state index in [1.54, 1.807) is 6.33 Å². The number of aromatic nitrogens is 2. The maximum atomic E-state index is 4.52. The number of amidine groups is 1. The summed E-state index contributed by atoms with van der Waals surface area (Å²) in [5, 5.41) is 3.43. The van der Waals surface area contributed by atoms with Gasteiger partial charge < -0.3 is 10.3 Å². The van der Waals surface area contributed by atoms with Gasteiger partial charge in [-0.05, 0) is 24.6 Å². The molecule has 0 fully saturated rings. The fourth-order valence-electron chi connectivity index (χ4n) is 1.97. The third kappa shape index (κ3) is 1.46. The molecule has 1 atom stereocenters. The predicted octanol–water partition coefficient (Wildman–Crippen LogP) is 1.69. The quantitative estimate of drug-likeness (QED) is 0.799. The van der Waals surface area contributed by atoms with Crippen LogP contribution in [-0.2, 0) is 0 Å². The van der Waals surface area contributed by atoms with Crippen molar-refractivity contribution in [3.63, 3.8) is 0 Å². The number of imidazole rings is 1. The Kier molecular flexibility index (Phi) is 2.13. The lowest BCUT2D eigenvalue weighted by atomic mass is 10.1. The molecule has 4 heteroatoms. The number of hydrogen-bond acceptors (Lipinski definition) is 3. The normalized spacial score (nSPS) is 19.8. The Balaban J connectivity index is 1.94. The summed E-state index contributed by atoms with van der Waals surface area (Å²) in [6.07, 6.45) is 2.83. The number of nitrogens with zero attached hydrogens (tertiary/aromatic N) is 2. The standard InChI is InChI=1S/C12H14N4/c1-2-9-6-13-12(16-9)8-3-4-10-11(5-8)15-7-14-10/h3-5,7,9H,2,6H2,1H3,(H,13,16)(H,14,15). The summed E-state index contributed by atoms with van der Waals surface area (Å²) in [4.78, 5) is 11.8. The van der Waals surface area contributed by atoms with E-state index in [1.807, 2.05) is 6.07 Å². The van der Waals surface area contributed by atoms with Crippen molar-refractivity contribution < 1.29 is 0 Å². The molecular weight excluding hydrogens is 200 g/mol. The third-order valence-corrected chi connectivity index (χ3v) is 3.00. The van der Waals surface area contributed by atoms with Crippen molar-refractivity contribution in [1.82, 2.24) is 15.3 Å². The molecule has 1 aliphatic rings. The van der Waals surface area contributed by atoms with Crippen LogP contribution in [0.25, 0.3) is 11.0 Å². The molecular formula is C12H14N4.